The van der Waals surface area contributed by atoms with Crippen molar-refractivity contribution in [3.63, 3.8) is 0 Å². The molecule has 1 amide bonds. The summed E-state index contributed by atoms with van der Waals surface area (Å²) in [7, 11) is 5.78. The summed E-state index contributed by atoms with van der Waals surface area (Å²) in [6.45, 7) is 6.85. The van der Waals surface area contributed by atoms with E-state index in [1.54, 1.807) is 7.11 Å². The van der Waals surface area contributed by atoms with Crippen molar-refractivity contribution in [3.05, 3.63) is 18.0 Å². The predicted molar refractivity (Wildman–Crippen MR) is 93.6 cm³/mol. The average molecular weight is 337 g/mol. The fraction of sp³-hybridized carbons (Fsp3) is 0.765. The summed E-state index contributed by atoms with van der Waals surface area (Å²) in [5.41, 5.74) is 1.27. The van der Waals surface area contributed by atoms with E-state index in [1.807, 2.05) is 10.9 Å². The molecule has 1 aliphatic rings. The molecule has 0 unspecified atom stereocenters. The van der Waals surface area contributed by atoms with Gasteiger partial charge in [0.25, 0.3) is 0 Å². The van der Waals surface area contributed by atoms with Crippen LogP contribution in [0.1, 0.15) is 18.9 Å². The highest BCUT2D eigenvalue weighted by atomic mass is 16.5. The summed E-state index contributed by atoms with van der Waals surface area (Å²) >= 11 is 0. The van der Waals surface area contributed by atoms with Gasteiger partial charge in [0.15, 0.2) is 0 Å². The molecular formula is C17H31N5O2. The Labute approximate surface area is 144 Å². The second kappa shape index (κ2) is 9.15. The van der Waals surface area contributed by atoms with Gasteiger partial charge in [0, 0.05) is 51.1 Å². The second-order valence-electron chi connectivity index (χ2n) is 6.76. The Hall–Kier alpha value is -1.44. The maximum absolute atomic E-state index is 11.6. The van der Waals surface area contributed by atoms with Crippen LogP contribution in [0.25, 0.3) is 0 Å². The third-order valence-electron chi connectivity index (χ3n) is 4.72. The van der Waals surface area contributed by atoms with Gasteiger partial charge in [-0.3, -0.25) is 14.4 Å². The van der Waals surface area contributed by atoms with Gasteiger partial charge in [-0.2, -0.15) is 5.10 Å². The lowest BCUT2D eigenvalue weighted by Gasteiger charge is -2.41. The number of carbonyl (C=O) groups excluding carboxylic acids is 1. The summed E-state index contributed by atoms with van der Waals surface area (Å²) in [5.74, 6) is 0.430. The molecule has 1 aromatic heterocycles. The van der Waals surface area contributed by atoms with Gasteiger partial charge in [0.1, 0.15) is 6.61 Å². The smallest absolute Gasteiger partial charge is 0.245 e. The van der Waals surface area contributed by atoms with Crippen molar-refractivity contribution in [1.29, 1.82) is 0 Å². The van der Waals surface area contributed by atoms with E-state index in [-0.39, 0.29) is 12.5 Å². The minimum Gasteiger partial charge on any atom is -0.375 e. The number of aromatic nitrogens is 2. The molecule has 0 saturated carbocycles. The summed E-state index contributed by atoms with van der Waals surface area (Å²) in [5, 5.41) is 7.35. The fourth-order valence-corrected chi connectivity index (χ4v) is 3.36. The van der Waals surface area contributed by atoms with E-state index in [0.717, 1.165) is 32.6 Å². The number of nitrogens with one attached hydrogen (secondary N) is 1. The number of amides is 1. The highest BCUT2D eigenvalue weighted by Crippen LogP contribution is 2.22. The van der Waals surface area contributed by atoms with Crippen LogP contribution < -0.4 is 5.32 Å². The van der Waals surface area contributed by atoms with Crippen molar-refractivity contribution < 1.29 is 9.53 Å². The predicted octanol–water partition coefficient (Wildman–Crippen LogP) is 0.418. The van der Waals surface area contributed by atoms with E-state index in [9.17, 15) is 4.79 Å². The molecule has 24 heavy (non-hydrogen) atoms. The van der Waals surface area contributed by atoms with Crippen molar-refractivity contribution in [2.75, 3.05) is 47.4 Å². The van der Waals surface area contributed by atoms with Gasteiger partial charge in [0.2, 0.25) is 5.91 Å². The molecule has 0 aromatic carbocycles. The highest BCUT2D eigenvalue weighted by Gasteiger charge is 2.31. The first-order valence-corrected chi connectivity index (χ1v) is 8.69. The highest BCUT2D eigenvalue weighted by molar-refractivity contribution is 5.77. The lowest BCUT2D eigenvalue weighted by Crippen LogP contribution is -2.53. The van der Waals surface area contributed by atoms with Crippen LogP contribution in [0.3, 0.4) is 0 Å². The molecule has 0 spiro atoms. The summed E-state index contributed by atoms with van der Waals surface area (Å²) in [4.78, 5) is 16.4. The Morgan fingerprint density at radius 2 is 2.29 bits per heavy atom. The van der Waals surface area contributed by atoms with Gasteiger partial charge >= 0.3 is 0 Å². The van der Waals surface area contributed by atoms with Crippen molar-refractivity contribution in [3.8, 4) is 0 Å². The average Bonchev–Trinajstić information content (AvgIpc) is 3.01. The third-order valence-corrected chi connectivity index (χ3v) is 4.72. The van der Waals surface area contributed by atoms with Crippen molar-refractivity contribution in [1.82, 2.24) is 24.9 Å². The maximum atomic E-state index is 11.6. The number of likely N-dealkylation sites (tertiary alicyclic amines) is 1. The number of likely N-dealkylation sites (N-methyl/N-ethyl adjacent to an activating group) is 1. The molecule has 136 valence electrons. The first-order valence-electron chi connectivity index (χ1n) is 8.69. The summed E-state index contributed by atoms with van der Waals surface area (Å²) in [6.07, 6.45) is 5.17. The van der Waals surface area contributed by atoms with Crippen LogP contribution in [-0.2, 0) is 22.6 Å². The molecular weight excluding hydrogens is 306 g/mol. The number of nitrogens with zero attached hydrogens (tertiary/aromatic N) is 4. The van der Waals surface area contributed by atoms with Crippen LogP contribution in [0.15, 0.2) is 12.4 Å². The Morgan fingerprint density at radius 3 is 2.92 bits per heavy atom. The van der Waals surface area contributed by atoms with E-state index < -0.39 is 0 Å². The second-order valence-corrected chi connectivity index (χ2v) is 6.76. The molecule has 2 atom stereocenters. The van der Waals surface area contributed by atoms with Crippen LogP contribution in [0.5, 0.6) is 0 Å². The number of ether oxygens (including phenoxy) is 1. The van der Waals surface area contributed by atoms with Crippen molar-refractivity contribution in [2.24, 2.45) is 5.92 Å². The van der Waals surface area contributed by atoms with E-state index in [4.69, 9.17) is 4.74 Å². The van der Waals surface area contributed by atoms with Gasteiger partial charge in [-0.15, -0.1) is 0 Å². The first kappa shape index (κ1) is 18.9. The zero-order chi connectivity index (χ0) is 17.5. The Balaban J connectivity index is 1.88. The summed E-state index contributed by atoms with van der Waals surface area (Å²) in [6, 6.07) is 0.433. The molecule has 1 aromatic rings. The third kappa shape index (κ3) is 5.29. The van der Waals surface area contributed by atoms with Gasteiger partial charge < -0.3 is 15.0 Å². The van der Waals surface area contributed by atoms with Crippen LogP contribution in [0, 0.1) is 5.92 Å². The molecule has 2 heterocycles. The van der Waals surface area contributed by atoms with E-state index >= 15 is 0 Å². The monoisotopic (exact) mass is 337 g/mol. The molecule has 0 bridgehead atoms. The number of methoxy groups -OCH3 is 1. The lowest BCUT2D eigenvalue weighted by atomic mass is 9.90. The number of piperidine rings is 1. The fourth-order valence-electron chi connectivity index (χ4n) is 3.36. The first-order chi connectivity index (χ1) is 11.5. The van der Waals surface area contributed by atoms with Crippen LogP contribution in [-0.4, -0.2) is 79.0 Å². The Bertz CT molecular complexity index is 517. The Morgan fingerprint density at radius 1 is 1.50 bits per heavy atom. The number of rotatable bonds is 8. The van der Waals surface area contributed by atoms with Gasteiger partial charge in [-0.05, 0) is 39.9 Å². The van der Waals surface area contributed by atoms with E-state index in [0.29, 0.717) is 18.5 Å². The summed E-state index contributed by atoms with van der Waals surface area (Å²) < 4.78 is 6.84. The minimum atomic E-state index is -0.0376. The molecule has 0 radical (unpaired) electrons. The number of carbonyl (C=O) groups is 1. The molecule has 2 rings (SSSR count). The zero-order valence-electron chi connectivity index (χ0n) is 15.4. The minimum absolute atomic E-state index is 0.0376. The van der Waals surface area contributed by atoms with Gasteiger partial charge in [-0.25, -0.2) is 0 Å². The van der Waals surface area contributed by atoms with E-state index in [1.165, 1.54) is 5.56 Å². The van der Waals surface area contributed by atoms with Crippen molar-refractivity contribution in [2.45, 2.75) is 32.5 Å². The maximum Gasteiger partial charge on any atom is 0.245 e. The number of hydrogen-bond acceptors (Lipinski definition) is 5. The largest absolute Gasteiger partial charge is 0.375 e. The molecule has 1 saturated heterocycles. The molecule has 0 aliphatic carbocycles. The number of aryl methyl sites for hydroxylation is 1. The zero-order valence-corrected chi connectivity index (χ0v) is 15.4. The molecule has 1 fully saturated rings. The molecule has 7 heteroatoms. The topological polar surface area (TPSA) is 62.6 Å². The number of hydrogen-bond donors (Lipinski definition) is 1. The normalized spacial score (nSPS) is 22.0. The van der Waals surface area contributed by atoms with Crippen LogP contribution >= 0.6 is 0 Å². The van der Waals surface area contributed by atoms with Gasteiger partial charge in [0.05, 0.1) is 6.20 Å². The van der Waals surface area contributed by atoms with E-state index in [2.05, 4.69) is 47.4 Å². The van der Waals surface area contributed by atoms with Gasteiger partial charge in [-0.1, -0.05) is 0 Å². The van der Waals surface area contributed by atoms with Crippen molar-refractivity contribution >= 4 is 5.91 Å². The lowest BCUT2D eigenvalue weighted by molar-refractivity contribution is -0.125. The van der Waals surface area contributed by atoms with Crippen LogP contribution in [0.4, 0.5) is 0 Å². The van der Waals surface area contributed by atoms with Crippen LogP contribution in [0.2, 0.25) is 0 Å². The molecule has 7 nitrogen and oxygen atoms in total. The molecule has 1 N–H and O–H groups in total. The SMILES string of the molecule is CCn1cc(CN2CC[C@H](CNC(=O)COC)[C@H](N(C)C)C2)cn1. The quantitative estimate of drug-likeness (QED) is 0.745. The Kier molecular flexibility index (Phi) is 7.20. The molecule has 1 aliphatic heterocycles. The standard InChI is InChI=1S/C17H31N5O2/c1-5-22-11-14(8-19-22)10-21-7-6-15(16(12-21)20(2)3)9-18-17(23)13-24-4/h8,11,15-16H,5-7,9-10,12-13H2,1-4H3,(H,18,23)/t15-,16-/m1/s1.